The molecule has 6 heteroatoms. The minimum Gasteiger partial charge on any atom is -0.480 e. The number of carbonyl (C=O) groups excluding carboxylic acids is 2. The topological polar surface area (TPSA) is 109 Å². The van der Waals surface area contributed by atoms with Gasteiger partial charge in [0.15, 0.2) is 0 Å². The zero-order valence-corrected chi connectivity index (χ0v) is 20.3. The molecule has 0 aliphatic carbocycles. The molecule has 0 aliphatic rings. The summed E-state index contributed by atoms with van der Waals surface area (Å²) in [6.07, 6.45) is 29.4. The van der Waals surface area contributed by atoms with Gasteiger partial charge in [-0.15, -0.1) is 0 Å². The smallest absolute Gasteiger partial charge is 0.326 e. The molecule has 0 radical (unpaired) electrons. The molecule has 0 unspecified atom stereocenters. The van der Waals surface area contributed by atoms with Gasteiger partial charge in [0.2, 0.25) is 11.8 Å². The molecule has 6 nitrogen and oxygen atoms in total. The summed E-state index contributed by atoms with van der Waals surface area (Å²) in [6.45, 7) is 2.23. The summed E-state index contributed by atoms with van der Waals surface area (Å²) in [5.41, 5.74) is 5.03. The first-order valence-corrected chi connectivity index (χ1v) is 12.4. The maximum absolute atomic E-state index is 11.9. The highest BCUT2D eigenvalue weighted by Crippen LogP contribution is 2.06. The van der Waals surface area contributed by atoms with Crippen LogP contribution in [0.2, 0.25) is 0 Å². The highest BCUT2D eigenvalue weighted by Gasteiger charge is 2.20. The van der Waals surface area contributed by atoms with Gasteiger partial charge >= 0.3 is 5.97 Å². The lowest BCUT2D eigenvalue weighted by Crippen LogP contribution is -2.41. The maximum atomic E-state index is 11.9. The van der Waals surface area contributed by atoms with Crippen molar-refractivity contribution < 1.29 is 19.5 Å². The fourth-order valence-corrected chi connectivity index (χ4v) is 3.10. The summed E-state index contributed by atoms with van der Waals surface area (Å²) in [4.78, 5) is 33.8. The first kappa shape index (κ1) is 30.4. The van der Waals surface area contributed by atoms with Gasteiger partial charge in [-0.3, -0.25) is 9.59 Å². The van der Waals surface area contributed by atoms with E-state index in [1.807, 2.05) is 0 Å². The molecular weight excluding hydrogens is 416 g/mol. The highest BCUT2D eigenvalue weighted by atomic mass is 16.4. The number of nitrogens with one attached hydrogen (secondary N) is 1. The number of nitrogens with two attached hydrogens (primary N) is 1. The molecule has 0 aliphatic heterocycles. The Balaban J connectivity index is 3.68. The Bertz CT molecular complexity index is 651. The van der Waals surface area contributed by atoms with Crippen molar-refractivity contribution in [1.29, 1.82) is 0 Å². The molecule has 0 aromatic carbocycles. The van der Waals surface area contributed by atoms with Crippen LogP contribution in [0.3, 0.4) is 0 Å². The zero-order chi connectivity index (χ0) is 24.6. The van der Waals surface area contributed by atoms with Crippen molar-refractivity contribution in [3.63, 3.8) is 0 Å². The molecule has 1 atom stereocenters. The van der Waals surface area contributed by atoms with Crippen LogP contribution in [0.4, 0.5) is 0 Å². The van der Waals surface area contributed by atoms with Gasteiger partial charge in [0.25, 0.3) is 0 Å². The zero-order valence-electron chi connectivity index (χ0n) is 20.3. The van der Waals surface area contributed by atoms with E-state index in [-0.39, 0.29) is 25.2 Å². The number of primary amides is 1. The molecule has 0 bridgehead atoms. The molecule has 33 heavy (non-hydrogen) atoms. The standard InChI is InChI=1S/C27H44N2O4/c1-2-3-4-5-6-7-8-9-10-11-12-13-14-15-16-17-18-19-20-21-26(31)29-24(27(32)33)22-23-25(28)30/h6-7,9-10,12-13,15-16,24H,2-5,8,11,14,17-23H2,1H3,(H2,28,30)(H,29,31)(H,32,33)/b7-6-,10-9-,13-12-,16-15-/t24-/m0/s1. The number of allylic oxidation sites excluding steroid dienone is 8. The number of carboxylic acid groups (broad SMARTS) is 1. The average molecular weight is 461 g/mol. The van der Waals surface area contributed by atoms with Crippen molar-refractivity contribution in [2.24, 2.45) is 5.73 Å². The predicted molar refractivity (Wildman–Crippen MR) is 136 cm³/mol. The Morgan fingerprint density at radius 1 is 0.758 bits per heavy atom. The van der Waals surface area contributed by atoms with Crippen LogP contribution in [0.5, 0.6) is 0 Å². The normalized spacial score (nSPS) is 12.9. The van der Waals surface area contributed by atoms with E-state index in [1.165, 1.54) is 25.7 Å². The quantitative estimate of drug-likeness (QED) is 0.150. The summed E-state index contributed by atoms with van der Waals surface area (Å²) < 4.78 is 0. The molecule has 0 aromatic rings. The second kappa shape index (κ2) is 22.6. The number of hydrogen-bond donors (Lipinski definition) is 3. The van der Waals surface area contributed by atoms with Gasteiger partial charge in [0.05, 0.1) is 0 Å². The van der Waals surface area contributed by atoms with Crippen LogP contribution >= 0.6 is 0 Å². The first-order chi connectivity index (χ1) is 16.0. The van der Waals surface area contributed by atoms with Crippen LogP contribution in [-0.2, 0) is 14.4 Å². The monoisotopic (exact) mass is 460 g/mol. The minimum atomic E-state index is -1.15. The van der Waals surface area contributed by atoms with Crippen molar-refractivity contribution in [3.05, 3.63) is 48.6 Å². The Kier molecular flexibility index (Phi) is 20.8. The fraction of sp³-hybridized carbons (Fsp3) is 0.593. The van der Waals surface area contributed by atoms with Crippen LogP contribution in [0, 0.1) is 0 Å². The third kappa shape index (κ3) is 22.4. The van der Waals surface area contributed by atoms with E-state index in [4.69, 9.17) is 10.8 Å². The second-order valence-corrected chi connectivity index (χ2v) is 8.15. The van der Waals surface area contributed by atoms with Crippen LogP contribution in [0.25, 0.3) is 0 Å². The third-order valence-corrected chi connectivity index (χ3v) is 5.04. The summed E-state index contributed by atoms with van der Waals surface area (Å²) in [5.74, 6) is -2.03. The number of aliphatic carboxylic acids is 1. The van der Waals surface area contributed by atoms with Gasteiger partial charge in [0.1, 0.15) is 6.04 Å². The van der Waals surface area contributed by atoms with Crippen molar-refractivity contribution >= 4 is 17.8 Å². The lowest BCUT2D eigenvalue weighted by atomic mass is 10.1. The maximum Gasteiger partial charge on any atom is 0.326 e. The Morgan fingerprint density at radius 2 is 1.27 bits per heavy atom. The molecule has 0 rings (SSSR count). The highest BCUT2D eigenvalue weighted by molar-refractivity contribution is 5.84. The Hall–Kier alpha value is -2.63. The van der Waals surface area contributed by atoms with E-state index in [0.29, 0.717) is 6.42 Å². The van der Waals surface area contributed by atoms with E-state index in [0.717, 1.165) is 38.5 Å². The van der Waals surface area contributed by atoms with Gasteiger partial charge in [-0.2, -0.15) is 0 Å². The largest absolute Gasteiger partial charge is 0.480 e. The summed E-state index contributed by atoms with van der Waals surface area (Å²) in [5, 5.41) is 11.5. The number of carboxylic acids is 1. The number of rotatable bonds is 21. The van der Waals surface area contributed by atoms with E-state index < -0.39 is 17.9 Å². The Morgan fingerprint density at radius 3 is 1.76 bits per heavy atom. The molecule has 0 saturated heterocycles. The van der Waals surface area contributed by atoms with Crippen molar-refractivity contribution in [3.8, 4) is 0 Å². The van der Waals surface area contributed by atoms with Gasteiger partial charge in [-0.1, -0.05) is 74.8 Å². The van der Waals surface area contributed by atoms with Crippen molar-refractivity contribution in [2.75, 3.05) is 0 Å². The summed E-state index contributed by atoms with van der Waals surface area (Å²) in [7, 11) is 0. The fourth-order valence-electron chi connectivity index (χ4n) is 3.10. The van der Waals surface area contributed by atoms with E-state index in [1.54, 1.807) is 0 Å². The van der Waals surface area contributed by atoms with Gasteiger partial charge in [-0.05, 0) is 57.8 Å². The second-order valence-electron chi connectivity index (χ2n) is 8.15. The van der Waals surface area contributed by atoms with E-state index in [2.05, 4.69) is 60.8 Å². The van der Waals surface area contributed by atoms with E-state index >= 15 is 0 Å². The van der Waals surface area contributed by atoms with Crippen LogP contribution in [-0.4, -0.2) is 28.9 Å². The number of unbranched alkanes of at least 4 members (excludes halogenated alkanes) is 6. The third-order valence-electron chi connectivity index (χ3n) is 5.04. The van der Waals surface area contributed by atoms with Crippen molar-refractivity contribution in [1.82, 2.24) is 5.32 Å². The molecular formula is C27H44N2O4. The molecule has 2 amide bonds. The van der Waals surface area contributed by atoms with Crippen molar-refractivity contribution in [2.45, 2.75) is 103 Å². The molecule has 186 valence electrons. The van der Waals surface area contributed by atoms with Gasteiger partial charge < -0.3 is 16.2 Å². The van der Waals surface area contributed by atoms with Gasteiger partial charge in [0, 0.05) is 12.8 Å². The van der Waals surface area contributed by atoms with Crippen LogP contribution in [0.1, 0.15) is 96.8 Å². The van der Waals surface area contributed by atoms with Crippen LogP contribution in [0.15, 0.2) is 48.6 Å². The molecule has 0 spiro atoms. The minimum absolute atomic E-state index is 0.0163. The average Bonchev–Trinajstić information content (AvgIpc) is 2.77. The lowest BCUT2D eigenvalue weighted by molar-refractivity contribution is -0.142. The summed E-state index contributed by atoms with van der Waals surface area (Å²) >= 11 is 0. The first-order valence-electron chi connectivity index (χ1n) is 12.4. The van der Waals surface area contributed by atoms with E-state index in [9.17, 15) is 14.4 Å². The molecule has 0 fully saturated rings. The lowest BCUT2D eigenvalue weighted by Gasteiger charge is -2.13. The van der Waals surface area contributed by atoms with Crippen LogP contribution < -0.4 is 11.1 Å². The summed E-state index contributed by atoms with van der Waals surface area (Å²) in [6, 6.07) is -1.06. The molecule has 0 aromatic heterocycles. The predicted octanol–water partition coefficient (Wildman–Crippen LogP) is 5.75. The molecule has 0 heterocycles. The number of carbonyl (C=O) groups is 3. The number of hydrogen-bond acceptors (Lipinski definition) is 3. The number of amides is 2. The Labute approximate surface area is 200 Å². The van der Waals surface area contributed by atoms with Gasteiger partial charge in [-0.25, -0.2) is 4.79 Å². The molecule has 4 N–H and O–H groups in total. The molecule has 0 saturated carbocycles. The SMILES string of the molecule is CCCCC/C=C\C/C=C\C/C=C\C/C=C\CCCCCC(=O)N[C@@H](CCC(N)=O)C(=O)O.